The van der Waals surface area contributed by atoms with E-state index in [4.69, 9.17) is 0 Å². The molecule has 1 amide bonds. The Morgan fingerprint density at radius 3 is 2.16 bits per heavy atom. The van der Waals surface area contributed by atoms with Crippen molar-refractivity contribution in [3.8, 4) is 0 Å². The van der Waals surface area contributed by atoms with Crippen molar-refractivity contribution < 1.29 is 13.2 Å². The van der Waals surface area contributed by atoms with Gasteiger partial charge in [0.2, 0.25) is 5.91 Å². The number of nitrogens with one attached hydrogen (secondary N) is 1. The van der Waals surface area contributed by atoms with Gasteiger partial charge in [0.25, 0.3) is 0 Å². The predicted molar refractivity (Wildman–Crippen MR) is 78.2 cm³/mol. The molecule has 0 aromatic heterocycles. The summed E-state index contributed by atoms with van der Waals surface area (Å²) in [4.78, 5) is 11.8. The van der Waals surface area contributed by atoms with E-state index < -0.39 is 9.84 Å². The molecule has 106 valence electrons. The maximum Gasteiger partial charge on any atom is 0.224 e. The topological polar surface area (TPSA) is 63.2 Å². The molecule has 0 fully saturated rings. The Bertz CT molecular complexity index is 553. The van der Waals surface area contributed by atoms with Gasteiger partial charge in [0, 0.05) is 18.4 Å². The minimum absolute atomic E-state index is 0.0479. The fourth-order valence-corrected chi connectivity index (χ4v) is 2.74. The first-order chi connectivity index (χ1) is 8.69. The van der Waals surface area contributed by atoms with Crippen molar-refractivity contribution in [1.82, 2.24) is 0 Å². The third-order valence-electron chi connectivity index (χ3n) is 2.86. The van der Waals surface area contributed by atoms with Crippen LogP contribution in [0.4, 0.5) is 5.69 Å². The molecule has 0 atom stereocenters. The Morgan fingerprint density at radius 2 is 1.68 bits per heavy atom. The van der Waals surface area contributed by atoms with Crippen LogP contribution in [0.15, 0.2) is 12.1 Å². The normalized spacial score (nSPS) is 11.4. The van der Waals surface area contributed by atoms with Crippen LogP contribution >= 0.6 is 0 Å². The number of hydrogen-bond acceptors (Lipinski definition) is 3. The number of carbonyl (C=O) groups excluding carboxylic acids is 1. The second-order valence-electron chi connectivity index (χ2n) is 5.06. The first-order valence-electron chi connectivity index (χ1n) is 6.24. The Balaban J connectivity index is 2.63. The summed E-state index contributed by atoms with van der Waals surface area (Å²) < 4.78 is 22.0. The van der Waals surface area contributed by atoms with Gasteiger partial charge < -0.3 is 5.32 Å². The van der Waals surface area contributed by atoms with Gasteiger partial charge in [-0.1, -0.05) is 17.7 Å². The first-order valence-corrected chi connectivity index (χ1v) is 8.30. The van der Waals surface area contributed by atoms with Crippen LogP contribution < -0.4 is 5.32 Å². The summed E-state index contributed by atoms with van der Waals surface area (Å²) >= 11 is 0. The van der Waals surface area contributed by atoms with Crippen molar-refractivity contribution in [2.75, 3.05) is 17.3 Å². The van der Waals surface area contributed by atoms with E-state index in [1.54, 1.807) is 0 Å². The maximum atomic E-state index is 11.8. The van der Waals surface area contributed by atoms with E-state index >= 15 is 0 Å². The van der Waals surface area contributed by atoms with Gasteiger partial charge in [-0.15, -0.1) is 0 Å². The number of hydrogen-bond donors (Lipinski definition) is 1. The Kier molecular flexibility index (Phi) is 5.11. The molecule has 1 aromatic rings. The molecule has 1 N–H and O–H groups in total. The van der Waals surface area contributed by atoms with Crippen LogP contribution in [0.5, 0.6) is 0 Å². The van der Waals surface area contributed by atoms with Crippen molar-refractivity contribution in [3.05, 3.63) is 28.8 Å². The molecule has 0 aliphatic carbocycles. The molecule has 0 aliphatic rings. The Morgan fingerprint density at radius 1 is 1.16 bits per heavy atom. The zero-order valence-electron chi connectivity index (χ0n) is 11.9. The SMILES string of the molecule is Cc1cc(C)c(NC(=O)CCCS(C)(=O)=O)c(C)c1. The van der Waals surface area contributed by atoms with Gasteiger partial charge in [-0.2, -0.15) is 0 Å². The zero-order chi connectivity index (χ0) is 14.6. The molecule has 5 heteroatoms. The second kappa shape index (κ2) is 6.19. The Labute approximate surface area is 115 Å². The molecular weight excluding hydrogens is 262 g/mol. The summed E-state index contributed by atoms with van der Waals surface area (Å²) in [5, 5.41) is 2.86. The summed E-state index contributed by atoms with van der Waals surface area (Å²) in [6.07, 6.45) is 1.76. The van der Waals surface area contributed by atoms with Crippen molar-refractivity contribution in [2.24, 2.45) is 0 Å². The van der Waals surface area contributed by atoms with Gasteiger partial charge in [0.15, 0.2) is 0 Å². The highest BCUT2D eigenvalue weighted by molar-refractivity contribution is 7.90. The highest BCUT2D eigenvalue weighted by atomic mass is 32.2. The van der Waals surface area contributed by atoms with Crippen molar-refractivity contribution in [3.63, 3.8) is 0 Å². The van der Waals surface area contributed by atoms with Gasteiger partial charge >= 0.3 is 0 Å². The molecule has 0 heterocycles. The number of benzene rings is 1. The van der Waals surface area contributed by atoms with Crippen LogP contribution in [0.1, 0.15) is 29.5 Å². The molecule has 0 spiro atoms. The minimum Gasteiger partial charge on any atom is -0.326 e. The number of anilines is 1. The average molecular weight is 283 g/mol. The summed E-state index contributed by atoms with van der Waals surface area (Å²) in [7, 11) is -2.99. The summed E-state index contributed by atoms with van der Waals surface area (Å²) in [5.41, 5.74) is 4.03. The van der Waals surface area contributed by atoms with Gasteiger partial charge in [-0.25, -0.2) is 8.42 Å². The van der Waals surface area contributed by atoms with Crippen LogP contribution in [-0.2, 0) is 14.6 Å². The predicted octanol–water partition coefficient (Wildman–Crippen LogP) is 2.38. The van der Waals surface area contributed by atoms with Crippen molar-refractivity contribution in [1.29, 1.82) is 0 Å². The van der Waals surface area contributed by atoms with E-state index in [2.05, 4.69) is 5.32 Å². The lowest BCUT2D eigenvalue weighted by Gasteiger charge is -2.12. The lowest BCUT2D eigenvalue weighted by molar-refractivity contribution is -0.116. The molecule has 19 heavy (non-hydrogen) atoms. The second-order valence-corrected chi connectivity index (χ2v) is 7.32. The molecule has 0 radical (unpaired) electrons. The quantitative estimate of drug-likeness (QED) is 0.902. The monoisotopic (exact) mass is 283 g/mol. The third-order valence-corrected chi connectivity index (χ3v) is 3.89. The molecule has 0 saturated carbocycles. The Hall–Kier alpha value is -1.36. The lowest BCUT2D eigenvalue weighted by atomic mass is 10.0. The largest absolute Gasteiger partial charge is 0.326 e. The molecule has 0 unspecified atom stereocenters. The number of rotatable bonds is 5. The van der Waals surface area contributed by atoms with E-state index in [9.17, 15) is 13.2 Å². The molecule has 1 aromatic carbocycles. The molecule has 0 aliphatic heterocycles. The van der Waals surface area contributed by atoms with Crippen molar-refractivity contribution >= 4 is 21.4 Å². The number of amides is 1. The third kappa shape index (κ3) is 5.42. The zero-order valence-corrected chi connectivity index (χ0v) is 12.7. The smallest absolute Gasteiger partial charge is 0.224 e. The average Bonchev–Trinajstić information content (AvgIpc) is 2.21. The first kappa shape index (κ1) is 15.7. The fourth-order valence-electron chi connectivity index (χ4n) is 2.07. The maximum absolute atomic E-state index is 11.8. The van der Waals surface area contributed by atoms with E-state index in [1.807, 2.05) is 32.9 Å². The highest BCUT2D eigenvalue weighted by Gasteiger charge is 2.09. The highest BCUT2D eigenvalue weighted by Crippen LogP contribution is 2.22. The van der Waals surface area contributed by atoms with Crippen LogP contribution in [0.3, 0.4) is 0 Å². The van der Waals surface area contributed by atoms with E-state index in [-0.39, 0.29) is 18.1 Å². The van der Waals surface area contributed by atoms with Crippen LogP contribution in [0, 0.1) is 20.8 Å². The summed E-state index contributed by atoms with van der Waals surface area (Å²) in [5.74, 6) is -0.0922. The van der Waals surface area contributed by atoms with Crippen molar-refractivity contribution in [2.45, 2.75) is 33.6 Å². The van der Waals surface area contributed by atoms with E-state index in [0.29, 0.717) is 6.42 Å². The lowest BCUT2D eigenvalue weighted by Crippen LogP contribution is -2.15. The fraction of sp³-hybridized carbons (Fsp3) is 0.500. The molecule has 1 rings (SSSR count). The molecule has 0 bridgehead atoms. The number of carbonyl (C=O) groups is 1. The van der Waals surface area contributed by atoms with Gasteiger partial charge in [-0.05, 0) is 38.3 Å². The van der Waals surface area contributed by atoms with Crippen LogP contribution in [-0.4, -0.2) is 26.3 Å². The van der Waals surface area contributed by atoms with E-state index in [1.165, 1.54) is 6.26 Å². The molecular formula is C14H21NO3S. The minimum atomic E-state index is -2.99. The van der Waals surface area contributed by atoms with Crippen LogP contribution in [0.25, 0.3) is 0 Å². The van der Waals surface area contributed by atoms with Crippen LogP contribution in [0.2, 0.25) is 0 Å². The molecule has 0 saturated heterocycles. The van der Waals surface area contributed by atoms with Gasteiger partial charge in [0.05, 0.1) is 5.75 Å². The number of sulfone groups is 1. The standard InChI is InChI=1S/C14H21NO3S/c1-10-8-11(2)14(12(3)9-10)15-13(16)6-5-7-19(4,17)18/h8-9H,5-7H2,1-4H3,(H,15,16). The molecule has 4 nitrogen and oxygen atoms in total. The number of aryl methyl sites for hydroxylation is 3. The van der Waals surface area contributed by atoms with Gasteiger partial charge in [0.1, 0.15) is 9.84 Å². The summed E-state index contributed by atoms with van der Waals surface area (Å²) in [6, 6.07) is 4.03. The van der Waals surface area contributed by atoms with Gasteiger partial charge in [-0.3, -0.25) is 4.79 Å². The van der Waals surface area contributed by atoms with E-state index in [0.717, 1.165) is 22.4 Å². The summed E-state index contributed by atoms with van der Waals surface area (Å²) in [6.45, 7) is 5.91.